The summed E-state index contributed by atoms with van der Waals surface area (Å²) in [5, 5.41) is 28.4. The van der Waals surface area contributed by atoms with Gasteiger partial charge in [0.1, 0.15) is 24.2 Å². The molecule has 8 N–H and O–H groups in total. The highest BCUT2D eigenvalue weighted by Gasteiger charge is 2.51. The van der Waals surface area contributed by atoms with E-state index in [-0.39, 0.29) is 55.5 Å². The van der Waals surface area contributed by atoms with Gasteiger partial charge >= 0.3 is 5.97 Å². The summed E-state index contributed by atoms with van der Waals surface area (Å²) in [6.45, 7) is 0.251. The molecule has 2 fully saturated rings. The van der Waals surface area contributed by atoms with Crippen molar-refractivity contribution >= 4 is 35.6 Å². The molecule has 3 aromatic rings. The molecule has 0 aliphatic carbocycles. The smallest absolute Gasteiger partial charge is 0.326 e. The highest BCUT2D eigenvalue weighted by atomic mass is 16.4. The van der Waals surface area contributed by atoms with Crippen LogP contribution >= 0.6 is 0 Å². The van der Waals surface area contributed by atoms with Gasteiger partial charge in [0.15, 0.2) is 5.96 Å². The van der Waals surface area contributed by atoms with E-state index in [0.29, 0.717) is 32.1 Å². The number of carboxylic acids is 1. The number of rotatable bonds is 16. The lowest BCUT2D eigenvalue weighted by Crippen LogP contribution is -2.61. The van der Waals surface area contributed by atoms with Crippen LogP contribution in [0.15, 0.2) is 91.0 Å². The fourth-order valence-corrected chi connectivity index (χ4v) is 7.27. The molecule has 0 saturated carbocycles. The zero-order valence-electron chi connectivity index (χ0n) is 29.0. The van der Waals surface area contributed by atoms with Crippen LogP contribution in [-0.4, -0.2) is 82.3 Å². The Bertz CT molecular complexity index is 1710. The Labute approximate surface area is 303 Å². The van der Waals surface area contributed by atoms with Crippen molar-refractivity contribution in [1.29, 1.82) is 5.41 Å². The molecule has 6 atom stereocenters. The largest absolute Gasteiger partial charge is 0.480 e. The summed E-state index contributed by atoms with van der Waals surface area (Å²) in [7, 11) is 0. The number of nitrogens with one attached hydrogen (secondary N) is 5. The van der Waals surface area contributed by atoms with Gasteiger partial charge in [-0.25, -0.2) is 4.79 Å². The molecule has 13 heteroatoms. The summed E-state index contributed by atoms with van der Waals surface area (Å²) >= 11 is 0. The van der Waals surface area contributed by atoms with Crippen LogP contribution in [0.3, 0.4) is 0 Å². The van der Waals surface area contributed by atoms with E-state index in [0.717, 1.165) is 16.7 Å². The van der Waals surface area contributed by atoms with E-state index >= 15 is 0 Å². The molecule has 2 heterocycles. The van der Waals surface area contributed by atoms with E-state index < -0.39 is 42.0 Å². The van der Waals surface area contributed by atoms with Crippen molar-refractivity contribution < 1.29 is 29.1 Å². The van der Waals surface area contributed by atoms with Crippen LogP contribution < -0.4 is 27.0 Å². The van der Waals surface area contributed by atoms with Crippen molar-refractivity contribution in [3.63, 3.8) is 0 Å². The van der Waals surface area contributed by atoms with Crippen molar-refractivity contribution in [2.45, 2.75) is 81.6 Å². The monoisotopic (exact) mass is 709 g/mol. The number of fused-ring (bicyclic) bond motifs is 1. The lowest BCUT2D eigenvalue weighted by Gasteiger charge is -2.39. The molecule has 2 unspecified atom stereocenters. The van der Waals surface area contributed by atoms with E-state index in [1.165, 1.54) is 0 Å². The zero-order chi connectivity index (χ0) is 37.0. The molecule has 5 rings (SSSR count). The number of amides is 4. The van der Waals surface area contributed by atoms with Crippen LogP contribution in [0.1, 0.15) is 48.8 Å². The molecule has 0 radical (unpaired) electrons. The summed E-state index contributed by atoms with van der Waals surface area (Å²) in [5.74, 6) is -3.34. The number of guanidine groups is 1. The molecule has 0 bridgehead atoms. The molecule has 4 amide bonds. The van der Waals surface area contributed by atoms with Gasteiger partial charge in [-0.1, -0.05) is 91.0 Å². The Morgan fingerprint density at radius 1 is 0.846 bits per heavy atom. The van der Waals surface area contributed by atoms with Crippen LogP contribution in [0.5, 0.6) is 0 Å². The maximum Gasteiger partial charge on any atom is 0.326 e. The fraction of sp³-hybridized carbons (Fsp3) is 0.385. The maximum absolute atomic E-state index is 14.2. The summed E-state index contributed by atoms with van der Waals surface area (Å²) in [6.07, 6.45) is 2.63. The van der Waals surface area contributed by atoms with E-state index in [2.05, 4.69) is 21.3 Å². The third-order valence-electron chi connectivity index (χ3n) is 9.77. The minimum absolute atomic E-state index is 0.0413. The third kappa shape index (κ3) is 10.2. The van der Waals surface area contributed by atoms with Crippen molar-refractivity contribution in [3.8, 4) is 0 Å². The number of aliphatic carboxylic acids is 1. The average molecular weight is 710 g/mol. The van der Waals surface area contributed by atoms with E-state index in [9.17, 15) is 29.1 Å². The third-order valence-corrected chi connectivity index (χ3v) is 9.77. The topological polar surface area (TPSA) is 207 Å². The van der Waals surface area contributed by atoms with Gasteiger partial charge in [-0.05, 0) is 61.1 Å². The number of hydrogen-bond donors (Lipinski definition) is 7. The van der Waals surface area contributed by atoms with Gasteiger partial charge in [0.2, 0.25) is 23.6 Å². The Morgan fingerprint density at radius 3 is 2.08 bits per heavy atom. The molecule has 0 aromatic heterocycles. The number of nitrogens with two attached hydrogens (primary N) is 1. The van der Waals surface area contributed by atoms with Gasteiger partial charge in [0, 0.05) is 19.0 Å². The molecule has 2 aliphatic heterocycles. The van der Waals surface area contributed by atoms with Gasteiger partial charge in [-0.2, -0.15) is 0 Å². The van der Waals surface area contributed by atoms with Crippen LogP contribution in [0.4, 0.5) is 0 Å². The fourth-order valence-electron chi connectivity index (χ4n) is 7.27. The normalized spacial score (nSPS) is 20.5. The summed E-state index contributed by atoms with van der Waals surface area (Å²) < 4.78 is 0. The standard InChI is InChI=1S/C39H47N7O6/c40-39(41)42-20-10-17-29(35(48)45-31(38(51)52)22-26-13-6-2-7-14-26)44-36(49)33-24-28(21-25-11-4-1-5-12-25)32-19-18-30(37(50)46(32)33)43-34(47)23-27-15-8-3-9-16-27/h1-9,11-16,28-33H,10,17-24H2,(H,43,47)(H,44,49)(H,45,48)(H,51,52)(H4,40,41,42)/t28-,29+,30?,31+,32+,33?/m1/s1. The van der Waals surface area contributed by atoms with Crippen molar-refractivity contribution in [2.24, 2.45) is 11.7 Å². The highest BCUT2D eigenvalue weighted by molar-refractivity contribution is 5.96. The van der Waals surface area contributed by atoms with Crippen LogP contribution in [-0.2, 0) is 43.2 Å². The molecule has 2 aliphatic rings. The second-order valence-corrected chi connectivity index (χ2v) is 13.5. The van der Waals surface area contributed by atoms with E-state index in [1.807, 2.05) is 66.7 Å². The second kappa shape index (κ2) is 18.0. The molecular weight excluding hydrogens is 662 g/mol. The van der Waals surface area contributed by atoms with Crippen molar-refractivity contribution in [2.75, 3.05) is 6.54 Å². The molecular formula is C39H47N7O6. The average Bonchev–Trinajstić information content (AvgIpc) is 3.50. The summed E-state index contributed by atoms with van der Waals surface area (Å²) in [6, 6.07) is 23.7. The number of piperidine rings is 1. The number of benzene rings is 3. The SMILES string of the molecule is N=C(N)NCCC[C@H](NC(=O)C1C[C@@H](Cc2ccccc2)[C@@H]2CCC(NC(=O)Cc3ccccc3)C(=O)N12)C(=O)N[C@@H](Cc1ccccc1)C(=O)O. The van der Waals surface area contributed by atoms with Gasteiger partial charge in [-0.3, -0.25) is 24.6 Å². The van der Waals surface area contributed by atoms with Gasteiger partial charge in [0.25, 0.3) is 0 Å². The molecule has 2 saturated heterocycles. The first-order chi connectivity index (χ1) is 25.1. The first kappa shape index (κ1) is 37.5. The lowest BCUT2D eigenvalue weighted by atomic mass is 9.86. The minimum atomic E-state index is -1.25. The van der Waals surface area contributed by atoms with Gasteiger partial charge in [-0.15, -0.1) is 0 Å². The molecule has 52 heavy (non-hydrogen) atoms. The summed E-state index contributed by atoms with van der Waals surface area (Å²) in [4.78, 5) is 68.9. The van der Waals surface area contributed by atoms with Crippen LogP contribution in [0.2, 0.25) is 0 Å². The second-order valence-electron chi connectivity index (χ2n) is 13.5. The minimum Gasteiger partial charge on any atom is -0.480 e. The molecule has 3 aromatic carbocycles. The first-order valence-corrected chi connectivity index (χ1v) is 17.7. The Hall–Kier alpha value is -5.72. The van der Waals surface area contributed by atoms with E-state index in [1.54, 1.807) is 29.2 Å². The van der Waals surface area contributed by atoms with Crippen LogP contribution in [0.25, 0.3) is 0 Å². The van der Waals surface area contributed by atoms with E-state index in [4.69, 9.17) is 11.1 Å². The highest BCUT2D eigenvalue weighted by Crippen LogP contribution is 2.39. The van der Waals surface area contributed by atoms with Gasteiger partial charge < -0.3 is 37.0 Å². The first-order valence-electron chi connectivity index (χ1n) is 17.7. The zero-order valence-corrected chi connectivity index (χ0v) is 29.0. The number of carbonyl (C=O) groups excluding carboxylic acids is 4. The maximum atomic E-state index is 14.2. The van der Waals surface area contributed by atoms with Crippen molar-refractivity contribution in [3.05, 3.63) is 108 Å². The number of carbonyl (C=O) groups is 5. The summed E-state index contributed by atoms with van der Waals surface area (Å²) in [5.41, 5.74) is 8.04. The quantitative estimate of drug-likeness (QED) is 0.0663. The molecule has 274 valence electrons. The predicted octanol–water partition coefficient (Wildman–Crippen LogP) is 1.90. The number of carboxylic acid groups (broad SMARTS) is 1. The Balaban J connectivity index is 1.34. The van der Waals surface area contributed by atoms with Gasteiger partial charge in [0.05, 0.1) is 6.42 Å². The molecule has 13 nitrogen and oxygen atoms in total. The Kier molecular flexibility index (Phi) is 13.0. The molecule has 0 spiro atoms. The van der Waals surface area contributed by atoms with Crippen LogP contribution in [0, 0.1) is 11.3 Å². The predicted molar refractivity (Wildman–Crippen MR) is 195 cm³/mol. The van der Waals surface area contributed by atoms with Crippen molar-refractivity contribution in [1.82, 2.24) is 26.2 Å². The lowest BCUT2D eigenvalue weighted by molar-refractivity contribution is -0.147. The number of hydrogen-bond acceptors (Lipinski definition) is 6. The Morgan fingerprint density at radius 2 is 1.46 bits per heavy atom. The number of nitrogens with zero attached hydrogens (tertiary/aromatic N) is 1.